The number of aryl methyl sites for hydroxylation is 1. The summed E-state index contributed by atoms with van der Waals surface area (Å²) in [7, 11) is 0. The number of amides is 1. The van der Waals surface area contributed by atoms with E-state index < -0.39 is 0 Å². The van der Waals surface area contributed by atoms with Crippen molar-refractivity contribution in [2.24, 2.45) is 0 Å². The van der Waals surface area contributed by atoms with E-state index in [1.165, 1.54) is 6.08 Å². The summed E-state index contributed by atoms with van der Waals surface area (Å²) in [6, 6.07) is 15.2. The van der Waals surface area contributed by atoms with Gasteiger partial charge in [0.2, 0.25) is 11.8 Å². The molecule has 0 atom stereocenters. The topological polar surface area (TPSA) is 64.4 Å². The highest BCUT2D eigenvalue weighted by Gasteiger charge is 2.02. The SMILES string of the molecule is Cc1cccc(OCCNC(=O)/C=C/c2nc3ccccc3o2)c1. The molecule has 0 aliphatic rings. The van der Waals surface area contributed by atoms with Gasteiger partial charge in [-0.2, -0.15) is 0 Å². The van der Waals surface area contributed by atoms with Crippen molar-refractivity contribution in [1.29, 1.82) is 0 Å². The number of ether oxygens (including phenoxy) is 1. The number of nitrogens with one attached hydrogen (secondary N) is 1. The lowest BCUT2D eigenvalue weighted by atomic mass is 10.2. The number of aromatic nitrogens is 1. The molecule has 1 N–H and O–H groups in total. The van der Waals surface area contributed by atoms with Gasteiger partial charge in [-0.3, -0.25) is 4.79 Å². The highest BCUT2D eigenvalue weighted by Crippen LogP contribution is 2.15. The van der Waals surface area contributed by atoms with E-state index in [1.807, 2.05) is 55.5 Å². The van der Waals surface area contributed by atoms with Crippen molar-refractivity contribution < 1.29 is 13.9 Å². The molecule has 2 aromatic carbocycles. The van der Waals surface area contributed by atoms with E-state index in [9.17, 15) is 4.79 Å². The van der Waals surface area contributed by atoms with Crippen molar-refractivity contribution in [3.8, 4) is 5.75 Å². The molecule has 0 spiro atoms. The molecule has 0 bridgehead atoms. The number of benzene rings is 2. The van der Waals surface area contributed by atoms with Gasteiger partial charge in [-0.15, -0.1) is 0 Å². The van der Waals surface area contributed by atoms with Crippen LogP contribution in [0, 0.1) is 6.92 Å². The van der Waals surface area contributed by atoms with Crippen LogP contribution in [-0.4, -0.2) is 24.0 Å². The number of carbonyl (C=O) groups is 1. The summed E-state index contributed by atoms with van der Waals surface area (Å²) in [6.45, 7) is 2.84. The van der Waals surface area contributed by atoms with Gasteiger partial charge in [0.25, 0.3) is 0 Å². The average Bonchev–Trinajstić information content (AvgIpc) is 3.00. The number of carbonyl (C=O) groups excluding carboxylic acids is 1. The molecule has 122 valence electrons. The Hall–Kier alpha value is -3.08. The first-order valence-corrected chi connectivity index (χ1v) is 7.72. The third kappa shape index (κ3) is 4.23. The first-order chi connectivity index (χ1) is 11.7. The summed E-state index contributed by atoms with van der Waals surface area (Å²) in [5, 5.41) is 2.75. The van der Waals surface area contributed by atoms with E-state index >= 15 is 0 Å². The van der Waals surface area contributed by atoms with Crippen molar-refractivity contribution in [3.63, 3.8) is 0 Å². The second-order valence-electron chi connectivity index (χ2n) is 5.31. The Morgan fingerprint density at radius 2 is 2.12 bits per heavy atom. The van der Waals surface area contributed by atoms with Crippen molar-refractivity contribution >= 4 is 23.1 Å². The summed E-state index contributed by atoms with van der Waals surface area (Å²) in [5.74, 6) is 0.985. The summed E-state index contributed by atoms with van der Waals surface area (Å²) in [5.41, 5.74) is 2.60. The number of para-hydroxylation sites is 2. The Balaban J connectivity index is 1.45. The summed E-state index contributed by atoms with van der Waals surface area (Å²) in [6.07, 6.45) is 2.95. The molecule has 0 fully saturated rings. The Labute approximate surface area is 140 Å². The van der Waals surface area contributed by atoms with Gasteiger partial charge in [0.15, 0.2) is 5.58 Å². The van der Waals surface area contributed by atoms with E-state index in [0.717, 1.165) is 16.8 Å². The quantitative estimate of drug-likeness (QED) is 0.558. The minimum absolute atomic E-state index is 0.218. The maximum Gasteiger partial charge on any atom is 0.244 e. The van der Waals surface area contributed by atoms with Gasteiger partial charge in [-0.05, 0) is 36.8 Å². The second-order valence-corrected chi connectivity index (χ2v) is 5.31. The van der Waals surface area contributed by atoms with Crippen LogP contribution in [0.1, 0.15) is 11.5 Å². The van der Waals surface area contributed by atoms with Gasteiger partial charge in [0, 0.05) is 12.2 Å². The fourth-order valence-electron chi connectivity index (χ4n) is 2.22. The van der Waals surface area contributed by atoms with E-state index in [4.69, 9.17) is 9.15 Å². The van der Waals surface area contributed by atoms with Gasteiger partial charge in [-0.25, -0.2) is 4.98 Å². The first kappa shape index (κ1) is 15.8. The second kappa shape index (κ2) is 7.46. The third-order valence-corrected chi connectivity index (χ3v) is 3.35. The Morgan fingerprint density at radius 3 is 2.96 bits per heavy atom. The van der Waals surface area contributed by atoms with Gasteiger partial charge in [-0.1, -0.05) is 24.3 Å². The smallest absolute Gasteiger partial charge is 0.244 e. The van der Waals surface area contributed by atoms with Crippen molar-refractivity contribution in [2.45, 2.75) is 6.92 Å². The molecule has 1 amide bonds. The van der Waals surface area contributed by atoms with Gasteiger partial charge in [0.05, 0.1) is 6.54 Å². The largest absolute Gasteiger partial charge is 0.492 e. The molecule has 0 aliphatic heterocycles. The van der Waals surface area contributed by atoms with Crippen LogP contribution in [0.2, 0.25) is 0 Å². The van der Waals surface area contributed by atoms with Gasteiger partial charge < -0.3 is 14.5 Å². The van der Waals surface area contributed by atoms with Crippen molar-refractivity contribution in [3.05, 3.63) is 66.1 Å². The molecule has 24 heavy (non-hydrogen) atoms. The number of hydrogen-bond acceptors (Lipinski definition) is 4. The molecular weight excluding hydrogens is 304 g/mol. The zero-order valence-electron chi connectivity index (χ0n) is 13.4. The standard InChI is InChI=1S/C19H18N2O3/c1-14-5-4-6-15(13-14)23-12-11-20-18(22)9-10-19-21-16-7-2-3-8-17(16)24-19/h2-10,13H,11-12H2,1H3,(H,20,22)/b10-9+. The molecule has 1 aromatic heterocycles. The molecule has 0 saturated heterocycles. The molecule has 0 unspecified atom stereocenters. The molecule has 0 radical (unpaired) electrons. The number of nitrogens with zero attached hydrogens (tertiary/aromatic N) is 1. The van der Waals surface area contributed by atoms with Crippen LogP contribution in [0.15, 0.2) is 59.0 Å². The Kier molecular flexibility index (Phi) is 4.91. The number of fused-ring (bicyclic) bond motifs is 1. The fourth-order valence-corrected chi connectivity index (χ4v) is 2.22. The number of oxazole rings is 1. The van der Waals surface area contributed by atoms with Gasteiger partial charge in [0.1, 0.15) is 17.9 Å². The third-order valence-electron chi connectivity index (χ3n) is 3.35. The molecule has 1 heterocycles. The fraction of sp³-hybridized carbons (Fsp3) is 0.158. The van der Waals surface area contributed by atoms with Crippen LogP contribution in [0.5, 0.6) is 5.75 Å². The summed E-state index contributed by atoms with van der Waals surface area (Å²) >= 11 is 0. The maximum atomic E-state index is 11.8. The minimum Gasteiger partial charge on any atom is -0.492 e. The Morgan fingerprint density at radius 1 is 1.25 bits per heavy atom. The lowest BCUT2D eigenvalue weighted by Gasteiger charge is -2.06. The van der Waals surface area contributed by atoms with Gasteiger partial charge >= 0.3 is 0 Å². The average molecular weight is 322 g/mol. The van der Waals surface area contributed by atoms with Crippen molar-refractivity contribution in [2.75, 3.05) is 13.2 Å². The molecule has 0 saturated carbocycles. The molecule has 5 heteroatoms. The Bertz CT molecular complexity index is 835. The van der Waals surface area contributed by atoms with Crippen LogP contribution in [-0.2, 0) is 4.79 Å². The lowest BCUT2D eigenvalue weighted by Crippen LogP contribution is -2.26. The predicted molar refractivity (Wildman–Crippen MR) is 92.7 cm³/mol. The van der Waals surface area contributed by atoms with E-state index in [0.29, 0.717) is 24.6 Å². The molecule has 3 aromatic rings. The highest BCUT2D eigenvalue weighted by atomic mass is 16.5. The molecule has 5 nitrogen and oxygen atoms in total. The van der Waals surface area contributed by atoms with Crippen LogP contribution < -0.4 is 10.1 Å². The summed E-state index contributed by atoms with van der Waals surface area (Å²) < 4.78 is 11.1. The molecule has 0 aliphatic carbocycles. The lowest BCUT2D eigenvalue weighted by molar-refractivity contribution is -0.116. The van der Waals surface area contributed by atoms with E-state index in [1.54, 1.807) is 6.08 Å². The maximum absolute atomic E-state index is 11.8. The van der Waals surface area contributed by atoms with Crippen LogP contribution in [0.3, 0.4) is 0 Å². The minimum atomic E-state index is -0.218. The van der Waals surface area contributed by atoms with E-state index in [-0.39, 0.29) is 5.91 Å². The first-order valence-electron chi connectivity index (χ1n) is 7.72. The summed E-state index contributed by atoms with van der Waals surface area (Å²) in [4.78, 5) is 16.0. The van der Waals surface area contributed by atoms with Crippen LogP contribution in [0.4, 0.5) is 0 Å². The number of hydrogen-bond donors (Lipinski definition) is 1. The normalized spacial score (nSPS) is 11.0. The monoisotopic (exact) mass is 322 g/mol. The van der Waals surface area contributed by atoms with Crippen LogP contribution in [0.25, 0.3) is 17.2 Å². The van der Waals surface area contributed by atoms with Crippen LogP contribution >= 0.6 is 0 Å². The van der Waals surface area contributed by atoms with Crippen molar-refractivity contribution in [1.82, 2.24) is 10.3 Å². The molecule has 3 rings (SSSR count). The molecular formula is C19H18N2O3. The highest BCUT2D eigenvalue weighted by molar-refractivity contribution is 5.91. The van der Waals surface area contributed by atoms with E-state index in [2.05, 4.69) is 10.3 Å². The predicted octanol–water partition coefficient (Wildman–Crippen LogP) is 3.34. The zero-order chi connectivity index (χ0) is 16.8. The number of rotatable bonds is 6. The zero-order valence-corrected chi connectivity index (χ0v) is 13.4.